The molecule has 0 radical (unpaired) electrons. The number of rotatable bonds is 29. The fourth-order valence-electron chi connectivity index (χ4n) is 9.54. The van der Waals surface area contributed by atoms with E-state index in [-0.39, 0.29) is 94.3 Å². The van der Waals surface area contributed by atoms with Gasteiger partial charge in [0.15, 0.2) is 17.9 Å². The van der Waals surface area contributed by atoms with Crippen molar-refractivity contribution >= 4 is 53.4 Å². The number of nitrogens with two attached hydrogens (primary N) is 7. The Kier molecular flexibility index (Phi) is 25.7. The van der Waals surface area contributed by atoms with Crippen LogP contribution in [0.2, 0.25) is 0 Å². The van der Waals surface area contributed by atoms with Gasteiger partial charge >= 0.3 is 5.97 Å². The smallest absolute Gasteiger partial charge is 0.326 e. The van der Waals surface area contributed by atoms with Gasteiger partial charge in [-0.2, -0.15) is 0 Å². The molecule has 0 heterocycles. The van der Waals surface area contributed by atoms with Crippen molar-refractivity contribution in [3.05, 3.63) is 0 Å². The summed E-state index contributed by atoms with van der Waals surface area (Å²) in [6.07, 6.45) is 16.8. The van der Waals surface area contributed by atoms with E-state index in [0.29, 0.717) is 18.8 Å². The van der Waals surface area contributed by atoms with Gasteiger partial charge in [0.1, 0.15) is 30.2 Å². The predicted octanol–water partition coefficient (Wildman–Crippen LogP) is -0.106. The topological polar surface area (TPSA) is 402 Å². The van der Waals surface area contributed by atoms with E-state index in [4.69, 9.17) is 40.1 Å². The maximum Gasteiger partial charge on any atom is 0.326 e. The SMILES string of the molecule is NC(N)=NCCC[C@@H](NC(=O)[C@H](CC1CCCCC1)NC(=O)[C@@H](CCCN=C(N)N)NC(=O)[C@H](CC1CCCCC1)NC(=O)[C@@H](CCCN=C(N)N)NC(=O)[C@@H](N)CC1CCCCC1)C(=O)O. The summed E-state index contributed by atoms with van der Waals surface area (Å²) < 4.78 is 0. The number of carbonyl (C=O) groups is 6. The number of aliphatic imine (C=N–C) groups is 3. The molecule has 3 fully saturated rings. The number of carbonyl (C=O) groups excluding carboxylic acids is 5. The highest BCUT2D eigenvalue weighted by Crippen LogP contribution is 2.30. The number of hydrogen-bond acceptors (Lipinski definition) is 10. The van der Waals surface area contributed by atoms with E-state index in [2.05, 4.69) is 41.6 Å². The minimum Gasteiger partial charge on any atom is -0.480 e. The van der Waals surface area contributed by atoms with Gasteiger partial charge in [0.25, 0.3) is 0 Å². The first-order chi connectivity index (χ1) is 32.0. The van der Waals surface area contributed by atoms with Crippen LogP contribution in [0.5, 0.6) is 0 Å². The summed E-state index contributed by atoms with van der Waals surface area (Å²) >= 11 is 0. The van der Waals surface area contributed by atoms with Crippen LogP contribution in [0.3, 0.4) is 0 Å². The standard InChI is InChI=1S/C45H83N15O7/c46-31(25-28-13-4-1-5-14-28)37(61)56-32(19-10-22-53-43(47)48)38(62)59-35(26-29-15-6-2-7-16-29)40(64)57-33(20-11-23-54-44(49)50)39(63)60-36(27-30-17-8-3-9-18-30)41(65)58-34(42(66)67)21-12-24-55-45(51)52/h28-36H,1-27,46H2,(H,56,61)(H,57,64)(H,58,65)(H,59,62)(H,60,63)(H,66,67)(H4,47,48,53)(H4,49,50,54)(H4,51,52,55)/t31-,32+,33+,34+,35-,36-/m0/s1. The molecule has 22 heteroatoms. The first kappa shape index (κ1) is 55.9. The van der Waals surface area contributed by atoms with Gasteiger partial charge in [0, 0.05) is 19.6 Å². The monoisotopic (exact) mass is 946 g/mol. The van der Waals surface area contributed by atoms with E-state index in [9.17, 15) is 33.9 Å². The van der Waals surface area contributed by atoms with E-state index in [0.717, 1.165) is 96.3 Å². The molecule has 3 aliphatic carbocycles. The minimum atomic E-state index is -1.28. The molecule has 0 aromatic rings. The molecule has 380 valence electrons. The number of carboxylic acids is 1. The van der Waals surface area contributed by atoms with Gasteiger partial charge < -0.3 is 71.8 Å². The second-order valence-corrected chi connectivity index (χ2v) is 18.8. The molecule has 0 bridgehead atoms. The number of amides is 5. The Hall–Kier alpha value is -5.41. The lowest BCUT2D eigenvalue weighted by Gasteiger charge is -2.31. The van der Waals surface area contributed by atoms with Gasteiger partial charge in [-0.3, -0.25) is 38.9 Å². The fourth-order valence-corrected chi connectivity index (χ4v) is 9.54. The molecule has 5 amide bonds. The summed E-state index contributed by atoms with van der Waals surface area (Å²) in [6.45, 7) is 0.506. The molecule has 0 spiro atoms. The molecule has 3 rings (SSSR count). The molecule has 3 saturated carbocycles. The highest BCUT2D eigenvalue weighted by Gasteiger charge is 2.35. The van der Waals surface area contributed by atoms with Crippen molar-refractivity contribution in [2.75, 3.05) is 19.6 Å². The summed E-state index contributed by atoms with van der Waals surface area (Å²) in [5.74, 6) is -4.17. The van der Waals surface area contributed by atoms with E-state index >= 15 is 0 Å². The van der Waals surface area contributed by atoms with Crippen LogP contribution in [-0.4, -0.2) is 114 Å². The summed E-state index contributed by atoms with van der Waals surface area (Å²) in [5.41, 5.74) is 39.5. The van der Waals surface area contributed by atoms with Crippen LogP contribution in [0.15, 0.2) is 15.0 Å². The molecule has 20 N–H and O–H groups in total. The van der Waals surface area contributed by atoms with Gasteiger partial charge in [0.05, 0.1) is 6.04 Å². The lowest BCUT2D eigenvalue weighted by atomic mass is 9.84. The van der Waals surface area contributed by atoms with Crippen molar-refractivity contribution in [2.24, 2.45) is 72.9 Å². The lowest BCUT2D eigenvalue weighted by molar-refractivity contribution is -0.142. The second-order valence-electron chi connectivity index (χ2n) is 18.8. The zero-order valence-corrected chi connectivity index (χ0v) is 39.6. The first-order valence-corrected chi connectivity index (χ1v) is 24.7. The third-order valence-corrected chi connectivity index (χ3v) is 13.2. The van der Waals surface area contributed by atoms with E-state index in [1.165, 1.54) is 0 Å². The van der Waals surface area contributed by atoms with Crippen LogP contribution in [0.1, 0.15) is 154 Å². The Labute approximate surface area is 395 Å². The third kappa shape index (κ3) is 22.8. The molecular weight excluding hydrogens is 863 g/mol. The number of carboxylic acid groups (broad SMARTS) is 1. The number of nitrogens with one attached hydrogen (secondary N) is 5. The van der Waals surface area contributed by atoms with Gasteiger partial charge in [-0.15, -0.1) is 0 Å². The van der Waals surface area contributed by atoms with E-state index < -0.39 is 71.8 Å². The van der Waals surface area contributed by atoms with Gasteiger partial charge in [-0.1, -0.05) is 96.3 Å². The Morgan fingerprint density at radius 2 is 0.701 bits per heavy atom. The van der Waals surface area contributed by atoms with Crippen molar-refractivity contribution in [1.82, 2.24) is 26.6 Å². The zero-order chi connectivity index (χ0) is 49.1. The Morgan fingerprint density at radius 3 is 1.04 bits per heavy atom. The van der Waals surface area contributed by atoms with Crippen molar-refractivity contribution in [1.29, 1.82) is 0 Å². The molecule has 3 aliphatic rings. The zero-order valence-electron chi connectivity index (χ0n) is 39.6. The van der Waals surface area contributed by atoms with Gasteiger partial charge in [0.2, 0.25) is 29.5 Å². The second kappa shape index (κ2) is 30.8. The average molecular weight is 946 g/mol. The fraction of sp³-hybridized carbons (Fsp3) is 0.800. The predicted molar refractivity (Wildman–Crippen MR) is 259 cm³/mol. The number of aliphatic carboxylic acids is 1. The average Bonchev–Trinajstić information content (AvgIpc) is 3.29. The Bertz CT molecular complexity index is 1650. The van der Waals surface area contributed by atoms with Crippen LogP contribution >= 0.6 is 0 Å². The number of nitrogens with zero attached hydrogens (tertiary/aromatic N) is 3. The van der Waals surface area contributed by atoms with Crippen molar-refractivity contribution in [3.8, 4) is 0 Å². The third-order valence-electron chi connectivity index (χ3n) is 13.2. The molecule has 6 atom stereocenters. The van der Waals surface area contributed by atoms with Crippen LogP contribution in [0.25, 0.3) is 0 Å². The van der Waals surface area contributed by atoms with Crippen LogP contribution in [0.4, 0.5) is 0 Å². The van der Waals surface area contributed by atoms with Crippen molar-refractivity contribution in [3.63, 3.8) is 0 Å². The highest BCUT2D eigenvalue weighted by molar-refractivity contribution is 5.96. The maximum absolute atomic E-state index is 14.5. The quantitative estimate of drug-likeness (QED) is 0.0265. The molecule has 0 aliphatic heterocycles. The molecule has 67 heavy (non-hydrogen) atoms. The number of hydrogen-bond donors (Lipinski definition) is 13. The molecule has 0 unspecified atom stereocenters. The molecule has 0 aromatic heterocycles. The molecule has 22 nitrogen and oxygen atoms in total. The van der Waals surface area contributed by atoms with Crippen LogP contribution in [0, 0.1) is 17.8 Å². The Morgan fingerprint density at radius 1 is 0.418 bits per heavy atom. The van der Waals surface area contributed by atoms with Gasteiger partial charge in [-0.25, -0.2) is 4.79 Å². The van der Waals surface area contributed by atoms with Crippen LogP contribution < -0.4 is 66.7 Å². The molecule has 0 saturated heterocycles. The lowest BCUT2D eigenvalue weighted by Crippen LogP contribution is -2.59. The highest BCUT2D eigenvalue weighted by atomic mass is 16.4. The van der Waals surface area contributed by atoms with Crippen molar-refractivity contribution in [2.45, 2.75) is 190 Å². The van der Waals surface area contributed by atoms with E-state index in [1.807, 2.05) is 0 Å². The normalized spacial score (nSPS) is 18.6. The summed E-state index contributed by atoms with van der Waals surface area (Å²) in [4.78, 5) is 94.9. The summed E-state index contributed by atoms with van der Waals surface area (Å²) in [7, 11) is 0. The van der Waals surface area contributed by atoms with E-state index in [1.54, 1.807) is 0 Å². The van der Waals surface area contributed by atoms with Gasteiger partial charge in [-0.05, 0) is 75.5 Å². The first-order valence-electron chi connectivity index (χ1n) is 24.7. The summed E-state index contributed by atoms with van der Waals surface area (Å²) in [6, 6.07) is -6.62. The largest absolute Gasteiger partial charge is 0.480 e. The summed E-state index contributed by atoms with van der Waals surface area (Å²) in [5, 5.41) is 24.1. The minimum absolute atomic E-state index is 0.0353. The van der Waals surface area contributed by atoms with Crippen LogP contribution in [-0.2, 0) is 28.8 Å². The molecular formula is C45H83N15O7. The molecule has 0 aromatic carbocycles. The Balaban J connectivity index is 1.89. The van der Waals surface area contributed by atoms with Crippen molar-refractivity contribution < 1.29 is 33.9 Å². The number of guanidine groups is 3. The maximum atomic E-state index is 14.5.